The van der Waals surface area contributed by atoms with Crippen LogP contribution in [0.4, 0.5) is 0 Å². The summed E-state index contributed by atoms with van der Waals surface area (Å²) in [5.41, 5.74) is 7.26. The first kappa shape index (κ1) is 12.3. The first-order valence-electron chi connectivity index (χ1n) is 7.46. The molecule has 0 atom stereocenters. The van der Waals surface area contributed by atoms with Crippen molar-refractivity contribution in [2.45, 2.75) is 71.1 Å². The summed E-state index contributed by atoms with van der Waals surface area (Å²) >= 11 is 0. The molecule has 0 nitrogen and oxygen atoms in total. The van der Waals surface area contributed by atoms with Crippen LogP contribution in [0, 0.1) is 5.92 Å². The number of benzene rings is 1. The van der Waals surface area contributed by atoms with Crippen molar-refractivity contribution < 1.29 is 0 Å². The second kappa shape index (κ2) is 3.62. The van der Waals surface area contributed by atoms with E-state index in [9.17, 15) is 0 Å². The molecule has 0 heterocycles. The zero-order chi connectivity index (χ0) is 13.1. The Labute approximate surface area is 112 Å². The molecule has 0 bridgehead atoms. The molecule has 98 valence electrons. The molecule has 3 rings (SSSR count). The van der Waals surface area contributed by atoms with Crippen LogP contribution >= 0.6 is 0 Å². The minimum Gasteiger partial charge on any atom is -0.0619 e. The summed E-state index contributed by atoms with van der Waals surface area (Å²) in [6, 6.07) is 5.10. The molecule has 0 radical (unpaired) electrons. The summed E-state index contributed by atoms with van der Waals surface area (Å²) in [6.07, 6.45) is 5.22. The Morgan fingerprint density at radius 2 is 1.22 bits per heavy atom. The standard InChI is InChI=1S/C18H26/c1-12-8-13-10-15-16(11-14(13)9-12)18(4,5)7-6-17(15,2)3/h10-12H,6-9H2,1-5H3. The van der Waals surface area contributed by atoms with Crippen LogP contribution in [-0.4, -0.2) is 0 Å². The van der Waals surface area contributed by atoms with Gasteiger partial charge in [-0.25, -0.2) is 0 Å². The van der Waals surface area contributed by atoms with Gasteiger partial charge in [0.15, 0.2) is 0 Å². The maximum atomic E-state index is 2.55. The predicted molar refractivity (Wildman–Crippen MR) is 78.3 cm³/mol. The zero-order valence-corrected chi connectivity index (χ0v) is 12.6. The van der Waals surface area contributed by atoms with E-state index in [0.717, 1.165) is 5.92 Å². The summed E-state index contributed by atoms with van der Waals surface area (Å²) in [6.45, 7) is 12.1. The molecule has 0 spiro atoms. The molecule has 1 aromatic carbocycles. The van der Waals surface area contributed by atoms with Crippen molar-refractivity contribution >= 4 is 0 Å². The molecule has 2 aliphatic rings. The lowest BCUT2D eigenvalue weighted by Crippen LogP contribution is -2.34. The van der Waals surface area contributed by atoms with Crippen LogP contribution in [0.25, 0.3) is 0 Å². The van der Waals surface area contributed by atoms with Crippen molar-refractivity contribution in [3.05, 3.63) is 34.4 Å². The molecule has 0 unspecified atom stereocenters. The third kappa shape index (κ3) is 1.73. The minimum atomic E-state index is 0.367. The molecule has 2 aliphatic carbocycles. The predicted octanol–water partition coefficient (Wildman–Crippen LogP) is 4.77. The first-order chi connectivity index (χ1) is 8.29. The zero-order valence-electron chi connectivity index (χ0n) is 12.6. The van der Waals surface area contributed by atoms with E-state index in [1.165, 1.54) is 25.7 Å². The lowest BCUT2D eigenvalue weighted by Gasteiger charge is -2.42. The second-order valence-corrected chi connectivity index (χ2v) is 7.95. The summed E-state index contributed by atoms with van der Waals surface area (Å²) in [5.74, 6) is 0.843. The van der Waals surface area contributed by atoms with Crippen LogP contribution in [0.2, 0.25) is 0 Å². The van der Waals surface area contributed by atoms with Gasteiger partial charge in [-0.15, -0.1) is 0 Å². The van der Waals surface area contributed by atoms with Crippen molar-refractivity contribution in [2.24, 2.45) is 5.92 Å². The molecule has 1 aromatic rings. The van der Waals surface area contributed by atoms with E-state index in [4.69, 9.17) is 0 Å². The van der Waals surface area contributed by atoms with E-state index in [-0.39, 0.29) is 0 Å². The van der Waals surface area contributed by atoms with Gasteiger partial charge in [0.25, 0.3) is 0 Å². The normalized spacial score (nSPS) is 24.7. The van der Waals surface area contributed by atoms with Gasteiger partial charge in [0.05, 0.1) is 0 Å². The Kier molecular flexibility index (Phi) is 2.47. The molecule has 18 heavy (non-hydrogen) atoms. The van der Waals surface area contributed by atoms with Gasteiger partial charge >= 0.3 is 0 Å². The highest BCUT2D eigenvalue weighted by atomic mass is 14.4. The number of fused-ring (bicyclic) bond motifs is 2. The Balaban J connectivity index is 2.20. The molecule has 0 aliphatic heterocycles. The van der Waals surface area contributed by atoms with Gasteiger partial charge in [-0.05, 0) is 64.7 Å². The quantitative estimate of drug-likeness (QED) is 0.614. The number of hydrogen-bond acceptors (Lipinski definition) is 0. The van der Waals surface area contributed by atoms with Crippen LogP contribution in [0.1, 0.15) is 69.7 Å². The Hall–Kier alpha value is -0.780. The second-order valence-electron chi connectivity index (χ2n) is 7.95. The van der Waals surface area contributed by atoms with Gasteiger partial charge in [-0.3, -0.25) is 0 Å². The van der Waals surface area contributed by atoms with E-state index in [0.29, 0.717) is 10.8 Å². The van der Waals surface area contributed by atoms with Gasteiger partial charge in [0.2, 0.25) is 0 Å². The molecule has 0 saturated carbocycles. The van der Waals surface area contributed by atoms with Crippen LogP contribution in [0.3, 0.4) is 0 Å². The summed E-state index contributed by atoms with van der Waals surface area (Å²) in [5, 5.41) is 0. The van der Waals surface area contributed by atoms with Crippen LogP contribution < -0.4 is 0 Å². The molecule has 0 heteroatoms. The highest BCUT2D eigenvalue weighted by Crippen LogP contribution is 2.47. The van der Waals surface area contributed by atoms with Gasteiger partial charge < -0.3 is 0 Å². The molecule has 0 amide bonds. The Bertz CT molecular complexity index is 446. The average molecular weight is 242 g/mol. The molecule has 0 aromatic heterocycles. The smallest absolute Gasteiger partial charge is 0.0100 e. The van der Waals surface area contributed by atoms with E-state index in [1.54, 1.807) is 22.3 Å². The molecule has 0 fully saturated rings. The number of rotatable bonds is 0. The third-order valence-electron chi connectivity index (χ3n) is 5.31. The fourth-order valence-corrected chi connectivity index (χ4v) is 3.91. The molecule has 0 saturated heterocycles. The van der Waals surface area contributed by atoms with E-state index in [1.807, 2.05) is 0 Å². The molecule has 0 N–H and O–H groups in total. The van der Waals surface area contributed by atoms with Crippen molar-refractivity contribution in [3.8, 4) is 0 Å². The van der Waals surface area contributed by atoms with Crippen molar-refractivity contribution in [2.75, 3.05) is 0 Å². The maximum Gasteiger partial charge on any atom is -0.0100 e. The minimum absolute atomic E-state index is 0.367. The Morgan fingerprint density at radius 3 is 1.61 bits per heavy atom. The fraction of sp³-hybridized carbons (Fsp3) is 0.667. The van der Waals surface area contributed by atoms with Crippen LogP contribution in [0.15, 0.2) is 12.1 Å². The van der Waals surface area contributed by atoms with Crippen molar-refractivity contribution in [1.82, 2.24) is 0 Å². The van der Waals surface area contributed by atoms with Crippen LogP contribution in [0.5, 0.6) is 0 Å². The van der Waals surface area contributed by atoms with Gasteiger partial charge in [-0.1, -0.05) is 46.8 Å². The highest BCUT2D eigenvalue weighted by Gasteiger charge is 2.38. The maximum absolute atomic E-state index is 2.55. The lowest BCUT2D eigenvalue weighted by atomic mass is 9.62. The first-order valence-corrected chi connectivity index (χ1v) is 7.46. The van der Waals surface area contributed by atoms with Crippen molar-refractivity contribution in [3.63, 3.8) is 0 Å². The van der Waals surface area contributed by atoms with E-state index in [2.05, 4.69) is 46.8 Å². The van der Waals surface area contributed by atoms with Crippen LogP contribution in [-0.2, 0) is 23.7 Å². The summed E-state index contributed by atoms with van der Waals surface area (Å²) < 4.78 is 0. The van der Waals surface area contributed by atoms with Gasteiger partial charge in [-0.2, -0.15) is 0 Å². The third-order valence-corrected chi connectivity index (χ3v) is 5.31. The van der Waals surface area contributed by atoms with E-state index < -0.39 is 0 Å². The van der Waals surface area contributed by atoms with Crippen molar-refractivity contribution in [1.29, 1.82) is 0 Å². The monoisotopic (exact) mass is 242 g/mol. The lowest BCUT2D eigenvalue weighted by molar-refractivity contribution is 0.331. The summed E-state index contributed by atoms with van der Waals surface area (Å²) in [7, 11) is 0. The average Bonchev–Trinajstić information content (AvgIpc) is 2.62. The Morgan fingerprint density at radius 1 is 0.833 bits per heavy atom. The fourth-order valence-electron chi connectivity index (χ4n) is 3.91. The molecular weight excluding hydrogens is 216 g/mol. The SMILES string of the molecule is CC1Cc2cc3c(cc2C1)C(C)(C)CCC3(C)C. The number of hydrogen-bond donors (Lipinski definition) is 0. The largest absolute Gasteiger partial charge is 0.0619 e. The summed E-state index contributed by atoms with van der Waals surface area (Å²) in [4.78, 5) is 0. The van der Waals surface area contributed by atoms with Gasteiger partial charge in [0.1, 0.15) is 0 Å². The topological polar surface area (TPSA) is 0 Å². The van der Waals surface area contributed by atoms with E-state index >= 15 is 0 Å². The van der Waals surface area contributed by atoms with Gasteiger partial charge in [0, 0.05) is 0 Å². The molecular formula is C18H26. The highest BCUT2D eigenvalue weighted by molar-refractivity contribution is 5.48.